The third-order valence-corrected chi connectivity index (χ3v) is 3.19. The van der Waals surface area contributed by atoms with Crippen molar-refractivity contribution in [2.45, 2.75) is 31.5 Å². The van der Waals surface area contributed by atoms with Gasteiger partial charge in [-0.3, -0.25) is 4.57 Å². The minimum absolute atomic E-state index is 0.259. The zero-order valence-electron chi connectivity index (χ0n) is 10.0. The molecule has 1 fully saturated rings. The van der Waals surface area contributed by atoms with E-state index in [4.69, 9.17) is 4.42 Å². The summed E-state index contributed by atoms with van der Waals surface area (Å²) in [6.45, 7) is 0.770. The first-order valence-electron chi connectivity index (χ1n) is 6.24. The summed E-state index contributed by atoms with van der Waals surface area (Å²) in [5, 5.41) is 13.2. The van der Waals surface area contributed by atoms with Gasteiger partial charge >= 0.3 is 5.76 Å². The van der Waals surface area contributed by atoms with Crippen molar-refractivity contribution in [2.24, 2.45) is 0 Å². The van der Waals surface area contributed by atoms with Crippen LogP contribution in [-0.2, 0) is 6.54 Å². The topological polar surface area (TPSA) is 67.4 Å². The minimum atomic E-state index is -0.579. The molecule has 0 bridgehead atoms. The molecule has 1 aromatic heterocycles. The molecule has 0 amide bonds. The summed E-state index contributed by atoms with van der Waals surface area (Å²) in [5.41, 5.74) is 1.29. The predicted molar refractivity (Wildman–Crippen MR) is 67.5 cm³/mol. The van der Waals surface area contributed by atoms with Crippen LogP contribution < -0.4 is 11.1 Å². The number of aliphatic hydroxyl groups excluding tert-OH is 1. The second-order valence-electron chi connectivity index (χ2n) is 4.78. The maximum Gasteiger partial charge on any atom is 0.420 e. The maximum absolute atomic E-state index is 11.7. The van der Waals surface area contributed by atoms with Crippen molar-refractivity contribution in [1.82, 2.24) is 9.88 Å². The first kappa shape index (κ1) is 11.5. The van der Waals surface area contributed by atoms with E-state index in [-0.39, 0.29) is 6.54 Å². The molecule has 2 N–H and O–H groups in total. The largest absolute Gasteiger partial charge is 0.420 e. The van der Waals surface area contributed by atoms with Gasteiger partial charge in [0.2, 0.25) is 0 Å². The van der Waals surface area contributed by atoms with Crippen molar-refractivity contribution < 1.29 is 9.52 Å². The molecule has 1 heterocycles. The summed E-state index contributed by atoms with van der Waals surface area (Å²) in [4.78, 5) is 11.7. The van der Waals surface area contributed by atoms with Crippen molar-refractivity contribution in [1.29, 1.82) is 0 Å². The summed E-state index contributed by atoms with van der Waals surface area (Å²) >= 11 is 0. The molecule has 1 aromatic carbocycles. The fourth-order valence-electron chi connectivity index (χ4n) is 2.05. The van der Waals surface area contributed by atoms with Gasteiger partial charge in [0, 0.05) is 12.6 Å². The highest BCUT2D eigenvalue weighted by Gasteiger charge is 2.22. The van der Waals surface area contributed by atoms with Crippen molar-refractivity contribution >= 4 is 11.1 Å². The normalized spacial score (nSPS) is 17.2. The van der Waals surface area contributed by atoms with Crippen LogP contribution in [0.2, 0.25) is 0 Å². The van der Waals surface area contributed by atoms with E-state index in [1.165, 1.54) is 17.4 Å². The second kappa shape index (κ2) is 4.59. The zero-order chi connectivity index (χ0) is 12.5. The van der Waals surface area contributed by atoms with E-state index in [1.807, 2.05) is 18.2 Å². The predicted octanol–water partition coefficient (Wildman–Crippen LogP) is 0.707. The molecule has 18 heavy (non-hydrogen) atoms. The van der Waals surface area contributed by atoms with E-state index < -0.39 is 11.9 Å². The number of nitrogens with zero attached hydrogens (tertiary/aromatic N) is 1. The number of nitrogens with one attached hydrogen (secondary N) is 1. The average molecular weight is 248 g/mol. The zero-order valence-corrected chi connectivity index (χ0v) is 10.0. The van der Waals surface area contributed by atoms with Crippen LogP contribution in [0.4, 0.5) is 0 Å². The number of aromatic nitrogens is 1. The fraction of sp³-hybridized carbons (Fsp3) is 0.462. The van der Waals surface area contributed by atoms with Gasteiger partial charge in [0.25, 0.3) is 0 Å². The Kier molecular flexibility index (Phi) is 2.93. The lowest BCUT2D eigenvalue weighted by Crippen LogP contribution is -2.33. The van der Waals surface area contributed by atoms with Crippen LogP contribution >= 0.6 is 0 Å². The molecule has 5 heteroatoms. The minimum Gasteiger partial charge on any atom is -0.408 e. The van der Waals surface area contributed by atoms with E-state index in [0.717, 1.165) is 5.52 Å². The van der Waals surface area contributed by atoms with Crippen LogP contribution in [0.15, 0.2) is 33.5 Å². The molecular formula is C13H16N2O3. The molecule has 5 nitrogen and oxygen atoms in total. The second-order valence-corrected chi connectivity index (χ2v) is 4.78. The molecule has 96 valence electrons. The van der Waals surface area contributed by atoms with Gasteiger partial charge < -0.3 is 14.8 Å². The van der Waals surface area contributed by atoms with Gasteiger partial charge in [-0.05, 0) is 25.0 Å². The molecule has 2 aromatic rings. The third kappa shape index (κ3) is 2.32. The van der Waals surface area contributed by atoms with Crippen LogP contribution in [0.25, 0.3) is 11.1 Å². The number of oxazole rings is 1. The van der Waals surface area contributed by atoms with E-state index in [2.05, 4.69) is 5.32 Å². The van der Waals surface area contributed by atoms with Gasteiger partial charge in [-0.15, -0.1) is 0 Å². The monoisotopic (exact) mass is 248 g/mol. The molecule has 1 aliphatic carbocycles. The highest BCUT2D eigenvalue weighted by atomic mass is 16.4. The summed E-state index contributed by atoms with van der Waals surface area (Å²) < 4.78 is 6.59. The van der Waals surface area contributed by atoms with Crippen LogP contribution in [0.3, 0.4) is 0 Å². The summed E-state index contributed by atoms with van der Waals surface area (Å²) in [7, 11) is 0. The highest BCUT2D eigenvalue weighted by molar-refractivity contribution is 5.72. The molecule has 1 aliphatic rings. The Morgan fingerprint density at radius 1 is 1.44 bits per heavy atom. The Labute approximate surface area is 104 Å². The summed E-state index contributed by atoms with van der Waals surface area (Å²) in [6.07, 6.45) is 1.78. The van der Waals surface area contributed by atoms with Crippen LogP contribution in [0, 0.1) is 0 Å². The van der Waals surface area contributed by atoms with Gasteiger partial charge in [-0.25, -0.2) is 4.79 Å². The van der Waals surface area contributed by atoms with E-state index in [1.54, 1.807) is 6.07 Å². The van der Waals surface area contributed by atoms with Gasteiger partial charge in [0.1, 0.15) is 0 Å². The molecule has 1 unspecified atom stereocenters. The van der Waals surface area contributed by atoms with E-state index in [0.29, 0.717) is 18.2 Å². The molecular weight excluding hydrogens is 232 g/mol. The lowest BCUT2D eigenvalue weighted by Gasteiger charge is -2.11. The lowest BCUT2D eigenvalue weighted by molar-refractivity contribution is 0.149. The Morgan fingerprint density at radius 3 is 3.00 bits per heavy atom. The van der Waals surface area contributed by atoms with Gasteiger partial charge in [0.15, 0.2) is 5.58 Å². The Hall–Kier alpha value is -1.59. The van der Waals surface area contributed by atoms with Crippen molar-refractivity contribution in [2.75, 3.05) is 6.54 Å². The summed E-state index contributed by atoms with van der Waals surface area (Å²) in [6, 6.07) is 7.80. The highest BCUT2D eigenvalue weighted by Crippen LogP contribution is 2.18. The maximum atomic E-state index is 11.7. The molecule has 0 aliphatic heterocycles. The molecule has 1 atom stereocenters. The number of aliphatic hydroxyl groups is 1. The average Bonchev–Trinajstić information content (AvgIpc) is 3.14. The van der Waals surface area contributed by atoms with Crippen molar-refractivity contribution in [3.05, 3.63) is 34.8 Å². The quantitative estimate of drug-likeness (QED) is 0.817. The fourth-order valence-corrected chi connectivity index (χ4v) is 2.05. The van der Waals surface area contributed by atoms with Gasteiger partial charge in [-0.2, -0.15) is 0 Å². The SMILES string of the molecule is O=c1oc2ccccc2n1CC(O)CNC1CC1. The summed E-state index contributed by atoms with van der Waals surface area (Å²) in [5.74, 6) is -0.415. The number of hydrogen-bond donors (Lipinski definition) is 2. The number of rotatable bonds is 5. The van der Waals surface area contributed by atoms with E-state index >= 15 is 0 Å². The van der Waals surface area contributed by atoms with Crippen molar-refractivity contribution in [3.63, 3.8) is 0 Å². The molecule has 3 rings (SSSR count). The standard InChI is InChI=1S/C13H16N2O3/c16-10(7-14-9-5-6-9)8-15-11-3-1-2-4-12(11)18-13(15)17/h1-4,9-10,14,16H,5-8H2. The number of para-hydroxylation sites is 2. The Balaban J connectivity index is 1.76. The Morgan fingerprint density at radius 2 is 2.22 bits per heavy atom. The van der Waals surface area contributed by atoms with E-state index in [9.17, 15) is 9.90 Å². The van der Waals surface area contributed by atoms with Gasteiger partial charge in [0.05, 0.1) is 18.2 Å². The Bertz CT molecular complexity index is 598. The number of fused-ring (bicyclic) bond motifs is 1. The van der Waals surface area contributed by atoms with Crippen LogP contribution in [0.5, 0.6) is 0 Å². The molecule has 0 radical (unpaired) electrons. The van der Waals surface area contributed by atoms with Gasteiger partial charge in [-0.1, -0.05) is 12.1 Å². The molecule has 0 saturated heterocycles. The third-order valence-electron chi connectivity index (χ3n) is 3.19. The first-order chi connectivity index (χ1) is 8.74. The molecule has 1 saturated carbocycles. The van der Waals surface area contributed by atoms with Crippen LogP contribution in [-0.4, -0.2) is 28.4 Å². The van der Waals surface area contributed by atoms with Crippen molar-refractivity contribution in [3.8, 4) is 0 Å². The molecule has 0 spiro atoms. The first-order valence-corrected chi connectivity index (χ1v) is 6.24. The lowest BCUT2D eigenvalue weighted by atomic mass is 10.3. The number of benzene rings is 1. The van der Waals surface area contributed by atoms with Crippen LogP contribution in [0.1, 0.15) is 12.8 Å². The number of hydrogen-bond acceptors (Lipinski definition) is 4. The smallest absolute Gasteiger partial charge is 0.408 e.